The molecule has 0 aliphatic carbocycles. The first-order chi connectivity index (χ1) is 9.26. The molecule has 5 nitrogen and oxygen atoms in total. The summed E-state index contributed by atoms with van der Waals surface area (Å²) in [6, 6.07) is 7.78. The Balaban J connectivity index is 1.80. The largest absolute Gasteiger partial charge is 0.364 e. The highest BCUT2D eigenvalue weighted by Gasteiger charge is 2.29. The van der Waals surface area contributed by atoms with Crippen molar-refractivity contribution in [2.24, 2.45) is 5.73 Å². The third-order valence-electron chi connectivity index (χ3n) is 3.17. The van der Waals surface area contributed by atoms with Crippen LogP contribution in [0.4, 0.5) is 0 Å². The Morgan fingerprint density at radius 2 is 2.26 bits per heavy atom. The molecule has 1 aliphatic rings. The standard InChI is InChI=1S/C13H14BrN3O2/c14-9-3-1-2-8(6-9)12-16-13(19-17-12)11-5-4-10(7-15)18-11/h1-3,6,10-11H,4-5,7,15H2. The molecule has 2 unspecified atom stereocenters. The summed E-state index contributed by atoms with van der Waals surface area (Å²) in [4.78, 5) is 4.41. The van der Waals surface area contributed by atoms with Crippen LogP contribution in [-0.2, 0) is 4.74 Å². The van der Waals surface area contributed by atoms with E-state index < -0.39 is 0 Å². The van der Waals surface area contributed by atoms with E-state index in [1.54, 1.807) is 0 Å². The molecule has 6 heteroatoms. The highest BCUT2D eigenvalue weighted by atomic mass is 79.9. The van der Waals surface area contributed by atoms with Crippen molar-refractivity contribution < 1.29 is 9.26 Å². The minimum absolute atomic E-state index is 0.103. The van der Waals surface area contributed by atoms with Crippen molar-refractivity contribution in [2.45, 2.75) is 25.0 Å². The number of nitrogens with zero attached hydrogens (tertiary/aromatic N) is 2. The smallest absolute Gasteiger partial charge is 0.256 e. The zero-order chi connectivity index (χ0) is 13.2. The van der Waals surface area contributed by atoms with E-state index in [0.29, 0.717) is 18.3 Å². The average molecular weight is 324 g/mol. The van der Waals surface area contributed by atoms with E-state index in [9.17, 15) is 0 Å². The van der Waals surface area contributed by atoms with Crippen LogP contribution >= 0.6 is 15.9 Å². The molecule has 1 aromatic carbocycles. The highest BCUT2D eigenvalue weighted by Crippen LogP contribution is 2.32. The molecule has 1 fully saturated rings. The van der Waals surface area contributed by atoms with Crippen LogP contribution in [0.25, 0.3) is 11.4 Å². The van der Waals surface area contributed by atoms with Gasteiger partial charge >= 0.3 is 0 Å². The molecule has 2 atom stereocenters. The molecule has 19 heavy (non-hydrogen) atoms. The summed E-state index contributed by atoms with van der Waals surface area (Å²) in [5.41, 5.74) is 6.50. The molecule has 1 aliphatic heterocycles. The number of halogens is 1. The number of ether oxygens (including phenoxy) is 1. The van der Waals surface area contributed by atoms with Gasteiger partial charge in [-0.1, -0.05) is 33.2 Å². The Morgan fingerprint density at radius 1 is 1.37 bits per heavy atom. The van der Waals surface area contributed by atoms with Crippen LogP contribution in [0.5, 0.6) is 0 Å². The first kappa shape index (κ1) is 12.8. The van der Waals surface area contributed by atoms with E-state index >= 15 is 0 Å². The minimum atomic E-state index is -0.123. The van der Waals surface area contributed by atoms with Crippen LogP contribution < -0.4 is 5.73 Å². The summed E-state index contributed by atoms with van der Waals surface area (Å²) in [6.45, 7) is 0.531. The fourth-order valence-corrected chi connectivity index (χ4v) is 2.57. The van der Waals surface area contributed by atoms with Crippen LogP contribution in [0.2, 0.25) is 0 Å². The third-order valence-corrected chi connectivity index (χ3v) is 3.66. The van der Waals surface area contributed by atoms with E-state index in [-0.39, 0.29) is 12.2 Å². The van der Waals surface area contributed by atoms with Crippen molar-refractivity contribution in [3.8, 4) is 11.4 Å². The van der Waals surface area contributed by atoms with Crippen molar-refractivity contribution in [2.75, 3.05) is 6.54 Å². The molecule has 2 N–H and O–H groups in total. The summed E-state index contributed by atoms with van der Waals surface area (Å²) in [6.07, 6.45) is 1.80. The lowest BCUT2D eigenvalue weighted by Crippen LogP contribution is -2.18. The molecule has 100 valence electrons. The number of hydrogen-bond acceptors (Lipinski definition) is 5. The van der Waals surface area contributed by atoms with Gasteiger partial charge in [0.15, 0.2) is 0 Å². The van der Waals surface area contributed by atoms with Gasteiger partial charge in [-0.15, -0.1) is 0 Å². The Bertz CT molecular complexity index is 573. The van der Waals surface area contributed by atoms with Gasteiger partial charge in [0.1, 0.15) is 6.10 Å². The third kappa shape index (κ3) is 2.70. The fraction of sp³-hybridized carbons (Fsp3) is 0.385. The molecule has 2 aromatic rings. The van der Waals surface area contributed by atoms with Gasteiger partial charge in [-0.25, -0.2) is 0 Å². The molecule has 2 heterocycles. The van der Waals surface area contributed by atoms with E-state index in [1.807, 2.05) is 24.3 Å². The van der Waals surface area contributed by atoms with Gasteiger partial charge in [-0.05, 0) is 25.0 Å². The number of benzene rings is 1. The second-order valence-corrected chi connectivity index (χ2v) is 5.44. The van der Waals surface area contributed by atoms with E-state index in [1.165, 1.54) is 0 Å². The van der Waals surface area contributed by atoms with Gasteiger partial charge in [0, 0.05) is 16.6 Å². The SMILES string of the molecule is NCC1CCC(c2nc(-c3cccc(Br)c3)no2)O1. The Hall–Kier alpha value is -1.24. The first-order valence-electron chi connectivity index (χ1n) is 6.21. The lowest BCUT2D eigenvalue weighted by atomic mass is 10.2. The van der Waals surface area contributed by atoms with E-state index in [2.05, 4.69) is 26.1 Å². The highest BCUT2D eigenvalue weighted by molar-refractivity contribution is 9.10. The second kappa shape index (κ2) is 5.40. The van der Waals surface area contributed by atoms with Gasteiger partial charge in [-0.3, -0.25) is 0 Å². The lowest BCUT2D eigenvalue weighted by Gasteiger charge is -2.07. The molecular formula is C13H14BrN3O2. The summed E-state index contributed by atoms with van der Waals surface area (Å²) in [5, 5.41) is 4.00. The second-order valence-electron chi connectivity index (χ2n) is 4.53. The molecule has 0 spiro atoms. The Labute approximate surface area is 119 Å². The molecule has 1 saturated heterocycles. The van der Waals surface area contributed by atoms with Gasteiger partial charge in [-0.2, -0.15) is 4.98 Å². The Kier molecular flexibility index (Phi) is 3.63. The van der Waals surface area contributed by atoms with Gasteiger partial charge < -0.3 is 15.0 Å². The van der Waals surface area contributed by atoms with Crippen LogP contribution in [0.3, 0.4) is 0 Å². The minimum Gasteiger partial charge on any atom is -0.364 e. The van der Waals surface area contributed by atoms with E-state index in [4.69, 9.17) is 15.0 Å². The predicted octanol–water partition coefficient (Wildman–Crippen LogP) is 2.68. The van der Waals surface area contributed by atoms with Crippen LogP contribution in [0.1, 0.15) is 24.8 Å². The molecule has 0 amide bonds. The number of hydrogen-bond donors (Lipinski definition) is 1. The summed E-state index contributed by atoms with van der Waals surface area (Å²) >= 11 is 3.42. The molecule has 3 rings (SSSR count). The van der Waals surface area contributed by atoms with Crippen molar-refractivity contribution >= 4 is 15.9 Å². The lowest BCUT2D eigenvalue weighted by molar-refractivity contribution is 0.0307. The van der Waals surface area contributed by atoms with Gasteiger partial charge in [0.25, 0.3) is 5.89 Å². The van der Waals surface area contributed by atoms with Crippen LogP contribution in [0, 0.1) is 0 Å². The van der Waals surface area contributed by atoms with Crippen molar-refractivity contribution in [3.63, 3.8) is 0 Å². The quantitative estimate of drug-likeness (QED) is 0.939. The molecular weight excluding hydrogens is 310 g/mol. The first-order valence-corrected chi connectivity index (χ1v) is 7.00. The van der Waals surface area contributed by atoms with Crippen molar-refractivity contribution in [1.82, 2.24) is 10.1 Å². The fourth-order valence-electron chi connectivity index (χ4n) is 2.17. The van der Waals surface area contributed by atoms with E-state index in [0.717, 1.165) is 22.9 Å². The average Bonchev–Trinajstić information content (AvgIpc) is 3.07. The Morgan fingerprint density at radius 3 is 3.00 bits per heavy atom. The molecule has 1 aromatic heterocycles. The normalized spacial score (nSPS) is 22.8. The summed E-state index contributed by atoms with van der Waals surface area (Å²) < 4.78 is 12.0. The molecule has 0 saturated carbocycles. The number of nitrogens with two attached hydrogens (primary N) is 1. The van der Waals surface area contributed by atoms with Crippen LogP contribution in [0.15, 0.2) is 33.3 Å². The van der Waals surface area contributed by atoms with Gasteiger partial charge in [0.2, 0.25) is 5.82 Å². The predicted molar refractivity (Wildman–Crippen MR) is 73.3 cm³/mol. The summed E-state index contributed by atoms with van der Waals surface area (Å²) in [5.74, 6) is 1.11. The molecule has 0 bridgehead atoms. The maximum Gasteiger partial charge on any atom is 0.256 e. The zero-order valence-corrected chi connectivity index (χ0v) is 11.8. The monoisotopic (exact) mass is 323 g/mol. The van der Waals surface area contributed by atoms with Crippen molar-refractivity contribution in [3.05, 3.63) is 34.6 Å². The topological polar surface area (TPSA) is 74.2 Å². The zero-order valence-electron chi connectivity index (χ0n) is 10.3. The number of aromatic nitrogens is 2. The maximum atomic E-state index is 5.74. The number of rotatable bonds is 3. The maximum absolute atomic E-state index is 5.74. The van der Waals surface area contributed by atoms with Gasteiger partial charge in [0.05, 0.1) is 6.10 Å². The summed E-state index contributed by atoms with van der Waals surface area (Å²) in [7, 11) is 0. The van der Waals surface area contributed by atoms with Crippen LogP contribution in [-0.4, -0.2) is 22.8 Å². The molecule has 0 radical (unpaired) electrons. The van der Waals surface area contributed by atoms with Crippen molar-refractivity contribution in [1.29, 1.82) is 0 Å².